The van der Waals surface area contributed by atoms with Gasteiger partial charge in [-0.2, -0.15) is 5.26 Å². The predicted octanol–water partition coefficient (Wildman–Crippen LogP) is 0.0585. The molecular formula is C10H12N6OS. The third-order valence-corrected chi connectivity index (χ3v) is 2.71. The molecule has 8 heteroatoms. The maximum absolute atomic E-state index is 11.7. The number of ketones is 1. The van der Waals surface area contributed by atoms with Crippen molar-refractivity contribution >= 4 is 29.2 Å². The SMILES string of the molecule is CC(N)=C(C#N)C(=O)CSc1nc(N)cc(N)n1. The fourth-order valence-corrected chi connectivity index (χ4v) is 1.84. The van der Waals surface area contributed by atoms with Gasteiger partial charge in [-0.25, -0.2) is 9.97 Å². The summed E-state index contributed by atoms with van der Waals surface area (Å²) < 4.78 is 0. The van der Waals surface area contributed by atoms with Gasteiger partial charge in [-0.15, -0.1) is 0 Å². The van der Waals surface area contributed by atoms with Gasteiger partial charge in [0.1, 0.15) is 23.3 Å². The Hall–Kier alpha value is -2.27. The molecule has 0 radical (unpaired) electrons. The van der Waals surface area contributed by atoms with Crippen molar-refractivity contribution < 1.29 is 4.79 Å². The number of carbonyl (C=O) groups is 1. The van der Waals surface area contributed by atoms with Gasteiger partial charge in [0.25, 0.3) is 0 Å². The number of hydrogen-bond donors (Lipinski definition) is 3. The summed E-state index contributed by atoms with van der Waals surface area (Å²) in [6, 6.07) is 3.18. The Morgan fingerprint density at radius 1 is 1.44 bits per heavy atom. The fraction of sp³-hybridized carbons (Fsp3) is 0.200. The molecule has 0 aromatic carbocycles. The first-order chi connectivity index (χ1) is 8.43. The van der Waals surface area contributed by atoms with Crippen molar-refractivity contribution in [3.8, 4) is 6.07 Å². The molecule has 0 saturated carbocycles. The lowest BCUT2D eigenvalue weighted by Crippen LogP contribution is -2.10. The van der Waals surface area contributed by atoms with Crippen LogP contribution in [0.2, 0.25) is 0 Å². The van der Waals surface area contributed by atoms with Crippen LogP contribution in [0.3, 0.4) is 0 Å². The molecule has 94 valence electrons. The van der Waals surface area contributed by atoms with Crippen LogP contribution in [0.4, 0.5) is 11.6 Å². The van der Waals surface area contributed by atoms with Crippen LogP contribution in [-0.2, 0) is 4.79 Å². The van der Waals surface area contributed by atoms with E-state index in [-0.39, 0.29) is 39.6 Å². The van der Waals surface area contributed by atoms with E-state index in [0.717, 1.165) is 11.8 Å². The highest BCUT2D eigenvalue weighted by atomic mass is 32.2. The van der Waals surface area contributed by atoms with Crippen LogP contribution >= 0.6 is 11.8 Å². The highest BCUT2D eigenvalue weighted by Crippen LogP contribution is 2.17. The quantitative estimate of drug-likeness (QED) is 0.299. The molecular weight excluding hydrogens is 252 g/mol. The fourth-order valence-electron chi connectivity index (χ4n) is 1.10. The molecule has 0 fully saturated rings. The number of aromatic nitrogens is 2. The summed E-state index contributed by atoms with van der Waals surface area (Å²) in [5.74, 6) is 0.0689. The van der Waals surface area contributed by atoms with Gasteiger partial charge in [0.2, 0.25) is 0 Å². The Balaban J connectivity index is 2.75. The number of carbonyl (C=O) groups excluding carboxylic acids is 1. The summed E-state index contributed by atoms with van der Waals surface area (Å²) in [5, 5.41) is 9.05. The molecule has 0 aliphatic carbocycles. The molecule has 0 saturated heterocycles. The first-order valence-corrected chi connectivity index (χ1v) is 5.85. The smallest absolute Gasteiger partial charge is 0.191 e. The molecule has 7 nitrogen and oxygen atoms in total. The van der Waals surface area contributed by atoms with E-state index in [0.29, 0.717) is 0 Å². The summed E-state index contributed by atoms with van der Waals surface area (Å²) >= 11 is 1.05. The molecule has 0 atom stereocenters. The monoisotopic (exact) mass is 264 g/mol. The van der Waals surface area contributed by atoms with Crippen LogP contribution in [0, 0.1) is 11.3 Å². The van der Waals surface area contributed by atoms with Gasteiger partial charge in [-0.1, -0.05) is 11.8 Å². The number of nitrogens with zero attached hydrogens (tertiary/aromatic N) is 3. The molecule has 1 rings (SSSR count). The summed E-state index contributed by atoms with van der Waals surface area (Å²) in [5.41, 5.74) is 16.5. The van der Waals surface area contributed by atoms with E-state index in [2.05, 4.69) is 9.97 Å². The Kier molecular flexibility index (Phi) is 4.51. The van der Waals surface area contributed by atoms with E-state index < -0.39 is 0 Å². The molecule has 1 heterocycles. The lowest BCUT2D eigenvalue weighted by Gasteiger charge is -2.02. The molecule has 0 amide bonds. The van der Waals surface area contributed by atoms with E-state index in [1.807, 2.05) is 0 Å². The molecule has 0 unspecified atom stereocenters. The van der Waals surface area contributed by atoms with Crippen LogP contribution in [0.15, 0.2) is 22.5 Å². The topological polar surface area (TPSA) is 145 Å². The summed E-state index contributed by atoms with van der Waals surface area (Å²) in [6.45, 7) is 1.50. The van der Waals surface area contributed by atoms with Crippen molar-refractivity contribution in [1.82, 2.24) is 9.97 Å². The third-order valence-electron chi connectivity index (χ3n) is 1.86. The maximum atomic E-state index is 11.7. The van der Waals surface area contributed by atoms with Gasteiger partial charge < -0.3 is 17.2 Å². The second-order valence-corrected chi connectivity index (χ2v) is 4.32. The van der Waals surface area contributed by atoms with Crippen LogP contribution in [0.25, 0.3) is 0 Å². The van der Waals surface area contributed by atoms with E-state index >= 15 is 0 Å². The Labute approximate surface area is 108 Å². The van der Waals surface area contributed by atoms with Crippen molar-refractivity contribution in [2.45, 2.75) is 12.1 Å². The number of nitrogens with two attached hydrogens (primary N) is 3. The number of thioether (sulfide) groups is 1. The Morgan fingerprint density at radius 2 is 2.00 bits per heavy atom. The largest absolute Gasteiger partial charge is 0.401 e. The van der Waals surface area contributed by atoms with Gasteiger partial charge in [-0.05, 0) is 6.92 Å². The molecule has 6 N–H and O–H groups in total. The van der Waals surface area contributed by atoms with Crippen molar-refractivity contribution in [2.75, 3.05) is 17.2 Å². The van der Waals surface area contributed by atoms with Crippen molar-refractivity contribution in [1.29, 1.82) is 5.26 Å². The molecule has 1 aromatic heterocycles. The Morgan fingerprint density at radius 3 is 2.44 bits per heavy atom. The summed E-state index contributed by atoms with van der Waals surface area (Å²) in [4.78, 5) is 19.5. The summed E-state index contributed by atoms with van der Waals surface area (Å²) in [6.07, 6.45) is 0. The number of nitrogen functional groups attached to an aromatic ring is 2. The standard InChI is InChI=1S/C10H12N6OS/c1-5(12)6(3-11)7(17)4-18-10-15-8(13)2-9(14)16-10/h2H,4,12H2,1H3,(H4,13,14,15,16). The predicted molar refractivity (Wildman–Crippen MR) is 69.1 cm³/mol. The zero-order chi connectivity index (χ0) is 13.7. The molecule has 0 bridgehead atoms. The van der Waals surface area contributed by atoms with Gasteiger partial charge in [0.15, 0.2) is 10.9 Å². The normalized spacial score (nSPS) is 11.6. The minimum absolute atomic E-state index is 0.000324. The van der Waals surface area contributed by atoms with Gasteiger partial charge >= 0.3 is 0 Å². The molecule has 18 heavy (non-hydrogen) atoms. The summed E-state index contributed by atoms with van der Waals surface area (Å²) in [7, 11) is 0. The van der Waals surface area contributed by atoms with Crippen LogP contribution in [-0.4, -0.2) is 21.5 Å². The molecule has 0 aliphatic heterocycles. The van der Waals surface area contributed by atoms with Gasteiger partial charge in [0, 0.05) is 11.8 Å². The molecule has 0 aliphatic rings. The first kappa shape index (κ1) is 13.8. The minimum atomic E-state index is -0.382. The second kappa shape index (κ2) is 5.88. The third kappa shape index (κ3) is 3.64. The second-order valence-electron chi connectivity index (χ2n) is 3.38. The minimum Gasteiger partial charge on any atom is -0.401 e. The Bertz CT molecular complexity index is 524. The van der Waals surface area contributed by atoms with E-state index in [4.69, 9.17) is 22.5 Å². The van der Waals surface area contributed by atoms with Crippen molar-refractivity contribution in [3.05, 3.63) is 17.3 Å². The lowest BCUT2D eigenvalue weighted by atomic mass is 10.2. The number of nitriles is 1. The number of Topliss-reactive ketones (excluding diaryl/α,β-unsaturated/α-hetero) is 1. The van der Waals surface area contributed by atoms with Gasteiger partial charge in [-0.3, -0.25) is 4.79 Å². The van der Waals surface area contributed by atoms with Crippen LogP contribution in [0.5, 0.6) is 0 Å². The van der Waals surface area contributed by atoms with Crippen molar-refractivity contribution in [2.24, 2.45) is 5.73 Å². The van der Waals surface area contributed by atoms with Gasteiger partial charge in [0.05, 0.1) is 5.75 Å². The average molecular weight is 264 g/mol. The molecule has 0 spiro atoms. The highest BCUT2D eigenvalue weighted by molar-refractivity contribution is 7.99. The average Bonchev–Trinajstić information content (AvgIpc) is 2.25. The van der Waals surface area contributed by atoms with E-state index in [1.165, 1.54) is 13.0 Å². The number of anilines is 2. The number of allylic oxidation sites excluding steroid dienone is 2. The van der Waals surface area contributed by atoms with E-state index in [9.17, 15) is 4.79 Å². The number of hydrogen-bond acceptors (Lipinski definition) is 8. The number of rotatable bonds is 4. The maximum Gasteiger partial charge on any atom is 0.191 e. The first-order valence-electron chi connectivity index (χ1n) is 4.86. The lowest BCUT2D eigenvalue weighted by molar-refractivity contribution is -0.112. The van der Waals surface area contributed by atoms with Crippen LogP contribution < -0.4 is 17.2 Å². The zero-order valence-electron chi connectivity index (χ0n) is 9.67. The molecule has 1 aromatic rings. The van der Waals surface area contributed by atoms with Crippen LogP contribution in [0.1, 0.15) is 6.92 Å². The zero-order valence-corrected chi connectivity index (χ0v) is 10.5. The highest BCUT2D eigenvalue weighted by Gasteiger charge is 2.13. The van der Waals surface area contributed by atoms with Crippen molar-refractivity contribution in [3.63, 3.8) is 0 Å². The van der Waals surface area contributed by atoms with E-state index in [1.54, 1.807) is 6.07 Å².